The predicted octanol–water partition coefficient (Wildman–Crippen LogP) is 1.12. The van der Waals surface area contributed by atoms with Crippen LogP contribution in [0.5, 0.6) is 0 Å². The van der Waals surface area contributed by atoms with Gasteiger partial charge in [0.25, 0.3) is 0 Å². The summed E-state index contributed by atoms with van der Waals surface area (Å²) in [6.07, 6.45) is 2.68. The van der Waals surface area contributed by atoms with Crippen molar-refractivity contribution in [1.82, 2.24) is 10.6 Å². The van der Waals surface area contributed by atoms with Gasteiger partial charge in [0, 0.05) is 18.1 Å². The Bertz CT molecular complexity index is 106. The Morgan fingerprint density at radius 1 is 1.36 bits per heavy atom. The molecule has 1 rings (SSSR count). The summed E-state index contributed by atoms with van der Waals surface area (Å²) >= 11 is 0. The van der Waals surface area contributed by atoms with E-state index in [1.54, 1.807) is 0 Å². The van der Waals surface area contributed by atoms with E-state index in [4.69, 9.17) is 0 Å². The van der Waals surface area contributed by atoms with Gasteiger partial charge in [0.2, 0.25) is 0 Å². The van der Waals surface area contributed by atoms with Gasteiger partial charge < -0.3 is 10.6 Å². The Kier molecular flexibility index (Phi) is 3.34. The molecule has 2 heteroatoms. The molecule has 1 saturated heterocycles. The van der Waals surface area contributed by atoms with Gasteiger partial charge in [-0.25, -0.2) is 0 Å². The van der Waals surface area contributed by atoms with Crippen LogP contribution in [-0.4, -0.2) is 24.7 Å². The average Bonchev–Trinajstić information content (AvgIpc) is 2.35. The third-order valence-corrected chi connectivity index (χ3v) is 2.30. The second-order valence-corrected chi connectivity index (χ2v) is 3.81. The maximum atomic E-state index is 3.52. The minimum atomic E-state index is 0.604. The fourth-order valence-electron chi connectivity index (χ4n) is 1.78. The van der Waals surface area contributed by atoms with Gasteiger partial charge in [0.05, 0.1) is 0 Å². The molecule has 2 atom stereocenters. The van der Waals surface area contributed by atoms with Gasteiger partial charge in [-0.15, -0.1) is 0 Å². The van der Waals surface area contributed by atoms with Crippen molar-refractivity contribution in [2.24, 2.45) is 0 Å². The maximum Gasteiger partial charge on any atom is 0.0219 e. The second kappa shape index (κ2) is 4.07. The number of hydrogen-bond donors (Lipinski definition) is 2. The molecule has 2 N–H and O–H groups in total. The topological polar surface area (TPSA) is 24.1 Å². The molecule has 2 nitrogen and oxygen atoms in total. The van der Waals surface area contributed by atoms with Crippen molar-refractivity contribution in [2.45, 2.75) is 51.7 Å². The molecule has 1 heterocycles. The van der Waals surface area contributed by atoms with Crippen LogP contribution in [0.25, 0.3) is 0 Å². The zero-order valence-electron chi connectivity index (χ0n) is 7.85. The summed E-state index contributed by atoms with van der Waals surface area (Å²) in [7, 11) is 0. The van der Waals surface area contributed by atoms with Gasteiger partial charge in [-0.3, -0.25) is 0 Å². The Balaban J connectivity index is 2.22. The lowest BCUT2D eigenvalue weighted by atomic mass is 10.1. The van der Waals surface area contributed by atoms with Crippen molar-refractivity contribution in [3.8, 4) is 0 Å². The average molecular weight is 156 g/mol. The molecule has 1 aliphatic rings. The van der Waals surface area contributed by atoms with Crippen LogP contribution in [0.1, 0.15) is 33.6 Å². The lowest BCUT2D eigenvalue weighted by molar-refractivity contribution is 0.397. The number of hydrogen-bond acceptors (Lipinski definition) is 2. The molecule has 0 aliphatic carbocycles. The molecule has 0 bridgehead atoms. The highest BCUT2D eigenvalue weighted by atomic mass is 15.0. The Labute approximate surface area is 69.8 Å². The fraction of sp³-hybridized carbons (Fsp3) is 1.00. The van der Waals surface area contributed by atoms with Crippen LogP contribution in [0.3, 0.4) is 0 Å². The van der Waals surface area contributed by atoms with Crippen LogP contribution in [0.4, 0.5) is 0 Å². The first kappa shape index (κ1) is 9.01. The summed E-state index contributed by atoms with van der Waals surface area (Å²) in [4.78, 5) is 0. The summed E-state index contributed by atoms with van der Waals surface area (Å²) in [5, 5.41) is 7.02. The zero-order chi connectivity index (χ0) is 8.27. The second-order valence-electron chi connectivity index (χ2n) is 3.81. The molecule has 0 saturated carbocycles. The number of nitrogens with one attached hydrogen (secondary N) is 2. The molecule has 0 amide bonds. The van der Waals surface area contributed by atoms with Crippen molar-refractivity contribution < 1.29 is 0 Å². The molecule has 0 spiro atoms. The molecular formula is C9H20N2. The molecule has 66 valence electrons. The van der Waals surface area contributed by atoms with Crippen molar-refractivity contribution in [2.75, 3.05) is 6.54 Å². The SMILES string of the molecule is CC(C)NC(C)C1CCCN1. The van der Waals surface area contributed by atoms with E-state index in [2.05, 4.69) is 31.4 Å². The molecule has 0 radical (unpaired) electrons. The van der Waals surface area contributed by atoms with E-state index in [9.17, 15) is 0 Å². The van der Waals surface area contributed by atoms with E-state index < -0.39 is 0 Å². The molecule has 0 aromatic rings. The van der Waals surface area contributed by atoms with Gasteiger partial charge in [0.1, 0.15) is 0 Å². The van der Waals surface area contributed by atoms with Gasteiger partial charge in [-0.2, -0.15) is 0 Å². The quantitative estimate of drug-likeness (QED) is 0.640. The Morgan fingerprint density at radius 2 is 2.09 bits per heavy atom. The van der Waals surface area contributed by atoms with Crippen molar-refractivity contribution in [3.05, 3.63) is 0 Å². The van der Waals surface area contributed by atoms with Crippen molar-refractivity contribution in [3.63, 3.8) is 0 Å². The van der Waals surface area contributed by atoms with Crippen molar-refractivity contribution >= 4 is 0 Å². The maximum absolute atomic E-state index is 3.52. The van der Waals surface area contributed by atoms with Gasteiger partial charge in [0.15, 0.2) is 0 Å². The highest BCUT2D eigenvalue weighted by molar-refractivity contribution is 4.84. The molecule has 11 heavy (non-hydrogen) atoms. The van der Waals surface area contributed by atoms with E-state index >= 15 is 0 Å². The van der Waals surface area contributed by atoms with E-state index in [1.165, 1.54) is 19.4 Å². The summed E-state index contributed by atoms with van der Waals surface area (Å²) < 4.78 is 0. The van der Waals surface area contributed by atoms with Gasteiger partial charge in [-0.1, -0.05) is 13.8 Å². The number of rotatable bonds is 3. The first-order chi connectivity index (χ1) is 5.20. The molecule has 0 aromatic carbocycles. The zero-order valence-corrected chi connectivity index (χ0v) is 7.85. The van der Waals surface area contributed by atoms with E-state index in [0.29, 0.717) is 18.1 Å². The molecule has 1 aliphatic heterocycles. The smallest absolute Gasteiger partial charge is 0.0219 e. The first-order valence-electron chi connectivity index (χ1n) is 4.69. The first-order valence-corrected chi connectivity index (χ1v) is 4.69. The normalized spacial score (nSPS) is 27.8. The van der Waals surface area contributed by atoms with Gasteiger partial charge >= 0.3 is 0 Å². The van der Waals surface area contributed by atoms with Crippen LogP contribution in [-0.2, 0) is 0 Å². The molecule has 1 fully saturated rings. The van der Waals surface area contributed by atoms with Crippen LogP contribution in [0, 0.1) is 0 Å². The predicted molar refractivity (Wildman–Crippen MR) is 48.8 cm³/mol. The third kappa shape index (κ3) is 2.80. The third-order valence-electron chi connectivity index (χ3n) is 2.30. The van der Waals surface area contributed by atoms with E-state index in [0.717, 1.165) is 0 Å². The van der Waals surface area contributed by atoms with Crippen LogP contribution in [0.2, 0.25) is 0 Å². The Hall–Kier alpha value is -0.0800. The Morgan fingerprint density at radius 3 is 2.55 bits per heavy atom. The minimum absolute atomic E-state index is 0.604. The summed E-state index contributed by atoms with van der Waals surface area (Å²) in [5.74, 6) is 0. The van der Waals surface area contributed by atoms with Gasteiger partial charge in [-0.05, 0) is 26.3 Å². The van der Waals surface area contributed by atoms with Crippen LogP contribution in [0.15, 0.2) is 0 Å². The van der Waals surface area contributed by atoms with Crippen LogP contribution >= 0.6 is 0 Å². The summed E-state index contributed by atoms with van der Waals surface area (Å²) in [6, 6.07) is 1.93. The standard InChI is InChI=1S/C9H20N2/c1-7(2)11-8(3)9-5-4-6-10-9/h7-11H,4-6H2,1-3H3. The highest BCUT2D eigenvalue weighted by Crippen LogP contribution is 2.08. The summed E-state index contributed by atoms with van der Waals surface area (Å²) in [5.41, 5.74) is 0. The summed E-state index contributed by atoms with van der Waals surface area (Å²) in [6.45, 7) is 7.87. The molecule has 2 unspecified atom stereocenters. The highest BCUT2D eigenvalue weighted by Gasteiger charge is 2.20. The lowest BCUT2D eigenvalue weighted by Gasteiger charge is -2.23. The van der Waals surface area contributed by atoms with Crippen LogP contribution < -0.4 is 10.6 Å². The van der Waals surface area contributed by atoms with Crippen molar-refractivity contribution in [1.29, 1.82) is 0 Å². The lowest BCUT2D eigenvalue weighted by Crippen LogP contribution is -2.45. The molecule has 0 aromatic heterocycles. The minimum Gasteiger partial charge on any atom is -0.312 e. The molecular weight excluding hydrogens is 136 g/mol. The van der Waals surface area contributed by atoms with E-state index in [1.807, 2.05) is 0 Å². The largest absolute Gasteiger partial charge is 0.312 e. The fourth-order valence-corrected chi connectivity index (χ4v) is 1.78. The van der Waals surface area contributed by atoms with E-state index in [-0.39, 0.29) is 0 Å². The monoisotopic (exact) mass is 156 g/mol.